The fourth-order valence-corrected chi connectivity index (χ4v) is 2.98. The molecule has 2 rings (SSSR count). The van der Waals surface area contributed by atoms with Gasteiger partial charge in [0.05, 0.1) is 18.7 Å². The van der Waals surface area contributed by atoms with Crippen LogP contribution in [0.4, 0.5) is 0 Å². The molecule has 1 aromatic rings. The van der Waals surface area contributed by atoms with Crippen molar-refractivity contribution in [3.63, 3.8) is 0 Å². The molecule has 1 aromatic carbocycles. The number of hydrogen-bond acceptors (Lipinski definition) is 5. The number of hydrogen-bond donors (Lipinski definition) is 0. The van der Waals surface area contributed by atoms with Gasteiger partial charge in [0.15, 0.2) is 5.78 Å². The molecule has 2 amide bonds. The Morgan fingerprint density at radius 2 is 1.62 bits per heavy atom. The van der Waals surface area contributed by atoms with Crippen molar-refractivity contribution in [1.82, 2.24) is 4.90 Å². The molecule has 0 spiro atoms. The Morgan fingerprint density at radius 1 is 1.12 bits per heavy atom. The lowest BCUT2D eigenvalue weighted by Gasteiger charge is -2.43. The van der Waals surface area contributed by atoms with Crippen molar-refractivity contribution in [2.24, 2.45) is 17.3 Å². The summed E-state index contributed by atoms with van der Waals surface area (Å²) >= 11 is 0. The van der Waals surface area contributed by atoms with Crippen LogP contribution in [0.15, 0.2) is 30.3 Å². The average molecular weight is 323 g/mol. The summed E-state index contributed by atoms with van der Waals surface area (Å²) in [6.45, 7) is 2.87. The summed E-state index contributed by atoms with van der Waals surface area (Å²) in [5.41, 5.74) is -0.687. The zero-order valence-electron chi connectivity index (χ0n) is 13.5. The molecule has 0 saturated carbocycles. The van der Waals surface area contributed by atoms with E-state index in [2.05, 4.69) is 0 Å². The standard InChI is InChI=1S/C18H17N3O3/c1-3-18(2)13(9-19)16(23)21(17(24)14(18)10-20)11-15(22)12-7-5-4-6-8-12/h4-8,13-14H,3,11H2,1-2H3. The van der Waals surface area contributed by atoms with Crippen LogP contribution in [0.25, 0.3) is 0 Å². The number of carbonyl (C=O) groups excluding carboxylic acids is 3. The summed E-state index contributed by atoms with van der Waals surface area (Å²) in [5, 5.41) is 18.8. The van der Waals surface area contributed by atoms with Gasteiger partial charge < -0.3 is 0 Å². The maximum Gasteiger partial charge on any atom is 0.247 e. The number of nitrogens with zero attached hydrogens (tertiary/aromatic N) is 3. The van der Waals surface area contributed by atoms with Crippen molar-refractivity contribution in [3.05, 3.63) is 35.9 Å². The number of ketones is 1. The molecule has 1 aliphatic rings. The number of piperidine rings is 1. The number of Topliss-reactive ketones (excluding diaryl/α,β-unsaturated/α-hetero) is 1. The van der Waals surface area contributed by atoms with Gasteiger partial charge in [-0.15, -0.1) is 0 Å². The molecular formula is C18H17N3O3. The van der Waals surface area contributed by atoms with Crippen LogP contribution in [0, 0.1) is 39.9 Å². The second kappa shape index (κ2) is 6.64. The minimum absolute atomic E-state index is 0.335. The van der Waals surface area contributed by atoms with Gasteiger partial charge in [-0.2, -0.15) is 10.5 Å². The first kappa shape index (κ1) is 17.4. The predicted octanol–water partition coefficient (Wildman–Crippen LogP) is 1.93. The fraction of sp³-hybridized carbons (Fsp3) is 0.389. The molecule has 0 aromatic heterocycles. The van der Waals surface area contributed by atoms with Gasteiger partial charge in [0.1, 0.15) is 11.8 Å². The number of nitriles is 2. The summed E-state index contributed by atoms with van der Waals surface area (Å²) in [6.07, 6.45) is 0.335. The predicted molar refractivity (Wildman–Crippen MR) is 84.1 cm³/mol. The van der Waals surface area contributed by atoms with Gasteiger partial charge in [0, 0.05) is 11.0 Å². The van der Waals surface area contributed by atoms with Crippen LogP contribution >= 0.6 is 0 Å². The summed E-state index contributed by atoms with van der Waals surface area (Å²) in [4.78, 5) is 38.3. The van der Waals surface area contributed by atoms with Crippen LogP contribution < -0.4 is 0 Å². The molecular weight excluding hydrogens is 306 g/mol. The van der Waals surface area contributed by atoms with Crippen molar-refractivity contribution in [2.75, 3.05) is 6.54 Å². The van der Waals surface area contributed by atoms with Crippen molar-refractivity contribution < 1.29 is 14.4 Å². The van der Waals surface area contributed by atoms with E-state index in [4.69, 9.17) is 0 Å². The molecule has 2 atom stereocenters. The average Bonchev–Trinajstić information content (AvgIpc) is 2.60. The van der Waals surface area contributed by atoms with Crippen molar-refractivity contribution >= 4 is 17.6 Å². The van der Waals surface area contributed by atoms with Crippen molar-refractivity contribution in [1.29, 1.82) is 10.5 Å². The highest BCUT2D eigenvalue weighted by Gasteiger charge is 2.55. The summed E-state index contributed by atoms with van der Waals surface area (Å²) in [5.74, 6) is -4.09. The Balaban J connectivity index is 2.36. The van der Waals surface area contributed by atoms with Crippen LogP contribution in [-0.2, 0) is 9.59 Å². The lowest BCUT2D eigenvalue weighted by Crippen LogP contribution is -2.59. The summed E-state index contributed by atoms with van der Waals surface area (Å²) < 4.78 is 0. The van der Waals surface area contributed by atoms with Crippen molar-refractivity contribution in [2.45, 2.75) is 20.3 Å². The first-order valence-corrected chi connectivity index (χ1v) is 7.63. The molecule has 1 fully saturated rings. The van der Waals surface area contributed by atoms with Gasteiger partial charge in [0.25, 0.3) is 0 Å². The fourth-order valence-electron chi connectivity index (χ4n) is 2.98. The van der Waals surface area contributed by atoms with E-state index in [1.807, 2.05) is 12.1 Å². The number of imide groups is 1. The van der Waals surface area contributed by atoms with E-state index in [0.717, 1.165) is 4.90 Å². The minimum Gasteiger partial charge on any atom is -0.292 e. The highest BCUT2D eigenvalue weighted by molar-refractivity contribution is 6.08. The normalized spacial score (nSPS) is 26.6. The maximum absolute atomic E-state index is 12.6. The van der Waals surface area contributed by atoms with Gasteiger partial charge in [-0.1, -0.05) is 44.2 Å². The second-order valence-corrected chi connectivity index (χ2v) is 6.04. The highest BCUT2D eigenvalue weighted by Crippen LogP contribution is 2.44. The van der Waals surface area contributed by atoms with Crippen LogP contribution in [0.1, 0.15) is 30.6 Å². The van der Waals surface area contributed by atoms with E-state index in [0.29, 0.717) is 12.0 Å². The van der Waals surface area contributed by atoms with Gasteiger partial charge in [-0.3, -0.25) is 19.3 Å². The lowest BCUT2D eigenvalue weighted by molar-refractivity contribution is -0.160. The Bertz CT molecular complexity index is 724. The second-order valence-electron chi connectivity index (χ2n) is 6.04. The molecule has 1 aliphatic heterocycles. The summed E-state index contributed by atoms with van der Waals surface area (Å²) in [6, 6.07) is 12.1. The first-order chi connectivity index (χ1) is 11.4. The molecule has 2 unspecified atom stereocenters. The molecule has 0 bridgehead atoms. The molecule has 6 heteroatoms. The molecule has 122 valence electrons. The molecule has 0 aliphatic carbocycles. The SMILES string of the molecule is CCC1(C)C(C#N)C(=O)N(CC(=O)c2ccccc2)C(=O)C1C#N. The van der Waals surface area contributed by atoms with Gasteiger partial charge in [0.2, 0.25) is 11.8 Å². The zero-order chi connectivity index (χ0) is 17.9. The molecule has 6 nitrogen and oxygen atoms in total. The smallest absolute Gasteiger partial charge is 0.247 e. The van der Waals surface area contributed by atoms with Crippen LogP contribution in [0.2, 0.25) is 0 Å². The maximum atomic E-state index is 12.6. The Morgan fingerprint density at radius 3 is 2.04 bits per heavy atom. The number of benzene rings is 1. The number of rotatable bonds is 4. The van der Waals surface area contributed by atoms with Gasteiger partial charge in [-0.25, -0.2) is 0 Å². The Hall–Kier alpha value is -2.99. The molecule has 1 heterocycles. The van der Waals surface area contributed by atoms with Crippen LogP contribution in [0.5, 0.6) is 0 Å². The van der Waals surface area contributed by atoms with E-state index in [9.17, 15) is 24.9 Å². The van der Waals surface area contributed by atoms with E-state index in [1.165, 1.54) is 0 Å². The largest absolute Gasteiger partial charge is 0.292 e. The third kappa shape index (κ3) is 2.68. The van der Waals surface area contributed by atoms with Crippen LogP contribution in [-0.4, -0.2) is 29.0 Å². The number of likely N-dealkylation sites (tertiary alicyclic amines) is 1. The van der Waals surface area contributed by atoms with Crippen LogP contribution in [0.3, 0.4) is 0 Å². The third-order valence-corrected chi connectivity index (χ3v) is 4.76. The number of amides is 2. The molecule has 24 heavy (non-hydrogen) atoms. The molecule has 1 saturated heterocycles. The third-order valence-electron chi connectivity index (χ3n) is 4.76. The van der Waals surface area contributed by atoms with Crippen molar-refractivity contribution in [3.8, 4) is 12.1 Å². The molecule has 0 N–H and O–H groups in total. The Labute approximate surface area is 140 Å². The topological polar surface area (TPSA) is 102 Å². The van der Waals surface area contributed by atoms with Gasteiger partial charge in [-0.05, 0) is 6.42 Å². The van der Waals surface area contributed by atoms with E-state index >= 15 is 0 Å². The molecule has 0 radical (unpaired) electrons. The lowest BCUT2D eigenvalue weighted by atomic mass is 9.63. The quantitative estimate of drug-likeness (QED) is 0.622. The highest BCUT2D eigenvalue weighted by atomic mass is 16.2. The van der Waals surface area contributed by atoms with E-state index < -0.39 is 41.4 Å². The number of carbonyl (C=O) groups is 3. The van der Waals surface area contributed by atoms with E-state index in [1.54, 1.807) is 44.2 Å². The van der Waals surface area contributed by atoms with Gasteiger partial charge >= 0.3 is 0 Å². The minimum atomic E-state index is -1.13. The monoisotopic (exact) mass is 323 g/mol. The zero-order valence-corrected chi connectivity index (χ0v) is 13.5. The summed E-state index contributed by atoms with van der Waals surface area (Å²) in [7, 11) is 0. The first-order valence-electron chi connectivity index (χ1n) is 7.63. The van der Waals surface area contributed by atoms with E-state index in [-0.39, 0.29) is 0 Å². The Kier molecular flexibility index (Phi) is 4.80.